The molecule has 0 saturated carbocycles. The smallest absolute Gasteiger partial charge is 0.228 e. The van der Waals surface area contributed by atoms with E-state index in [1.54, 1.807) is 11.3 Å². The number of amides is 1. The Labute approximate surface area is 91.6 Å². The molecule has 0 aliphatic carbocycles. The van der Waals surface area contributed by atoms with Crippen LogP contribution in [0.25, 0.3) is 11.1 Å². The topological polar surface area (TPSA) is 29.1 Å². The van der Waals surface area contributed by atoms with Crippen molar-refractivity contribution in [2.45, 2.75) is 6.42 Å². The fourth-order valence-electron chi connectivity index (χ4n) is 1.82. The zero-order chi connectivity index (χ0) is 10.3. The molecule has 0 unspecified atom stereocenters. The Hall–Kier alpha value is -1.61. The van der Waals surface area contributed by atoms with Crippen molar-refractivity contribution in [1.29, 1.82) is 0 Å². The van der Waals surface area contributed by atoms with Gasteiger partial charge in [0.15, 0.2) is 0 Å². The van der Waals surface area contributed by atoms with Crippen LogP contribution in [-0.4, -0.2) is 5.91 Å². The van der Waals surface area contributed by atoms with Crippen molar-refractivity contribution in [2.24, 2.45) is 0 Å². The van der Waals surface area contributed by atoms with Gasteiger partial charge in [-0.05, 0) is 39.6 Å². The zero-order valence-corrected chi connectivity index (χ0v) is 8.80. The molecule has 3 heteroatoms. The number of benzene rings is 1. The zero-order valence-electron chi connectivity index (χ0n) is 7.99. The van der Waals surface area contributed by atoms with E-state index in [-0.39, 0.29) is 5.91 Å². The summed E-state index contributed by atoms with van der Waals surface area (Å²) in [5.74, 6) is 0.0902. The van der Waals surface area contributed by atoms with Gasteiger partial charge in [-0.15, -0.1) is 0 Å². The Balaban J connectivity index is 2.07. The number of anilines is 1. The molecule has 2 aromatic rings. The van der Waals surface area contributed by atoms with E-state index in [2.05, 4.69) is 28.2 Å². The summed E-state index contributed by atoms with van der Waals surface area (Å²) in [6, 6.07) is 8.23. The first kappa shape index (κ1) is 8.68. The fourth-order valence-corrected chi connectivity index (χ4v) is 2.49. The molecule has 74 valence electrons. The van der Waals surface area contributed by atoms with Gasteiger partial charge in [-0.3, -0.25) is 4.79 Å². The third-order valence-electron chi connectivity index (χ3n) is 2.59. The van der Waals surface area contributed by atoms with Crippen LogP contribution in [0.15, 0.2) is 35.0 Å². The predicted octanol–water partition coefficient (Wildman–Crippen LogP) is 2.91. The van der Waals surface area contributed by atoms with Crippen molar-refractivity contribution in [3.05, 3.63) is 40.6 Å². The molecule has 15 heavy (non-hydrogen) atoms. The molecule has 0 bridgehead atoms. The van der Waals surface area contributed by atoms with Crippen LogP contribution < -0.4 is 5.32 Å². The third kappa shape index (κ3) is 1.45. The van der Waals surface area contributed by atoms with Gasteiger partial charge in [-0.1, -0.05) is 12.1 Å². The second-order valence-corrected chi connectivity index (χ2v) is 4.39. The van der Waals surface area contributed by atoms with Gasteiger partial charge >= 0.3 is 0 Å². The highest BCUT2D eigenvalue weighted by molar-refractivity contribution is 7.08. The highest BCUT2D eigenvalue weighted by Crippen LogP contribution is 2.30. The molecular weight excluding hydrogens is 206 g/mol. The largest absolute Gasteiger partial charge is 0.326 e. The van der Waals surface area contributed by atoms with Gasteiger partial charge in [0.25, 0.3) is 0 Å². The number of carbonyl (C=O) groups excluding carboxylic acids is 1. The number of thiophene rings is 1. The Morgan fingerprint density at radius 2 is 2.13 bits per heavy atom. The minimum atomic E-state index is 0.0902. The predicted molar refractivity (Wildman–Crippen MR) is 62.1 cm³/mol. The van der Waals surface area contributed by atoms with Crippen molar-refractivity contribution < 1.29 is 4.79 Å². The van der Waals surface area contributed by atoms with Crippen LogP contribution in [0.5, 0.6) is 0 Å². The van der Waals surface area contributed by atoms with Gasteiger partial charge in [0.1, 0.15) is 0 Å². The van der Waals surface area contributed by atoms with Gasteiger partial charge in [-0.2, -0.15) is 11.3 Å². The van der Waals surface area contributed by atoms with Gasteiger partial charge in [-0.25, -0.2) is 0 Å². The van der Waals surface area contributed by atoms with Crippen LogP contribution >= 0.6 is 11.3 Å². The van der Waals surface area contributed by atoms with E-state index in [0.717, 1.165) is 16.8 Å². The summed E-state index contributed by atoms with van der Waals surface area (Å²) in [5.41, 5.74) is 4.43. The monoisotopic (exact) mass is 215 g/mol. The molecule has 1 aromatic heterocycles. The van der Waals surface area contributed by atoms with Crippen LogP contribution in [-0.2, 0) is 11.2 Å². The summed E-state index contributed by atoms with van der Waals surface area (Å²) in [5, 5.41) is 7.03. The average Bonchev–Trinajstić information content (AvgIpc) is 2.82. The summed E-state index contributed by atoms with van der Waals surface area (Å²) < 4.78 is 0. The number of fused-ring (bicyclic) bond motifs is 1. The summed E-state index contributed by atoms with van der Waals surface area (Å²) in [6.07, 6.45) is 0.513. The van der Waals surface area contributed by atoms with Crippen LogP contribution in [0.2, 0.25) is 0 Å². The molecule has 0 spiro atoms. The molecule has 0 fully saturated rings. The maximum Gasteiger partial charge on any atom is 0.228 e. The molecule has 2 nitrogen and oxygen atoms in total. The lowest BCUT2D eigenvalue weighted by Crippen LogP contribution is -2.03. The summed E-state index contributed by atoms with van der Waals surface area (Å²) in [6.45, 7) is 0. The summed E-state index contributed by atoms with van der Waals surface area (Å²) >= 11 is 1.68. The second-order valence-electron chi connectivity index (χ2n) is 3.61. The van der Waals surface area contributed by atoms with Crippen molar-refractivity contribution in [3.8, 4) is 11.1 Å². The molecule has 1 aliphatic heterocycles. The maximum atomic E-state index is 11.2. The maximum absolute atomic E-state index is 11.2. The molecule has 2 heterocycles. The number of hydrogen-bond acceptors (Lipinski definition) is 2. The van der Waals surface area contributed by atoms with E-state index in [1.807, 2.05) is 12.1 Å². The van der Waals surface area contributed by atoms with Crippen molar-refractivity contribution in [1.82, 2.24) is 0 Å². The van der Waals surface area contributed by atoms with Gasteiger partial charge in [0.05, 0.1) is 6.42 Å². The second kappa shape index (κ2) is 3.21. The van der Waals surface area contributed by atoms with Crippen molar-refractivity contribution in [3.63, 3.8) is 0 Å². The molecule has 0 saturated heterocycles. The number of hydrogen-bond donors (Lipinski definition) is 1. The van der Waals surface area contributed by atoms with E-state index in [1.165, 1.54) is 5.56 Å². The van der Waals surface area contributed by atoms with E-state index in [9.17, 15) is 4.79 Å². The Kier molecular flexibility index (Phi) is 1.86. The highest BCUT2D eigenvalue weighted by Gasteiger charge is 2.17. The highest BCUT2D eigenvalue weighted by atomic mass is 32.1. The first-order valence-electron chi connectivity index (χ1n) is 4.78. The Morgan fingerprint density at radius 3 is 2.93 bits per heavy atom. The summed E-state index contributed by atoms with van der Waals surface area (Å²) in [4.78, 5) is 11.2. The molecule has 0 atom stereocenters. The first-order valence-corrected chi connectivity index (χ1v) is 5.72. The molecular formula is C12H9NOS. The van der Waals surface area contributed by atoms with E-state index < -0.39 is 0 Å². The molecule has 3 rings (SSSR count). The van der Waals surface area contributed by atoms with Crippen LogP contribution in [0.3, 0.4) is 0 Å². The fraction of sp³-hybridized carbons (Fsp3) is 0.0833. The number of rotatable bonds is 1. The normalized spacial score (nSPS) is 13.7. The average molecular weight is 215 g/mol. The van der Waals surface area contributed by atoms with Gasteiger partial charge < -0.3 is 5.32 Å². The molecule has 0 radical (unpaired) electrons. The lowest BCUT2D eigenvalue weighted by atomic mass is 10.1. The lowest BCUT2D eigenvalue weighted by Gasteiger charge is -2.02. The first-order chi connectivity index (χ1) is 7.33. The third-order valence-corrected chi connectivity index (χ3v) is 3.27. The van der Waals surface area contributed by atoms with Crippen LogP contribution in [0.4, 0.5) is 5.69 Å². The number of carbonyl (C=O) groups is 1. The SMILES string of the molecule is O=C1Cc2ccc(-c3ccsc3)cc2N1. The van der Waals surface area contributed by atoms with E-state index in [4.69, 9.17) is 0 Å². The van der Waals surface area contributed by atoms with Gasteiger partial charge in [0, 0.05) is 5.69 Å². The van der Waals surface area contributed by atoms with Crippen molar-refractivity contribution in [2.75, 3.05) is 5.32 Å². The van der Waals surface area contributed by atoms with Crippen molar-refractivity contribution >= 4 is 22.9 Å². The number of nitrogens with one attached hydrogen (secondary N) is 1. The standard InChI is InChI=1S/C12H9NOS/c14-12-6-9-2-1-8(5-11(9)13-12)10-3-4-15-7-10/h1-5,7H,6H2,(H,13,14). The molecule has 1 aromatic carbocycles. The molecule has 1 N–H and O–H groups in total. The van der Waals surface area contributed by atoms with Crippen LogP contribution in [0, 0.1) is 0 Å². The van der Waals surface area contributed by atoms with E-state index in [0.29, 0.717) is 6.42 Å². The quantitative estimate of drug-likeness (QED) is 0.778. The minimum Gasteiger partial charge on any atom is -0.326 e. The Morgan fingerprint density at radius 1 is 1.20 bits per heavy atom. The molecule has 1 amide bonds. The lowest BCUT2D eigenvalue weighted by molar-refractivity contribution is -0.115. The summed E-state index contributed by atoms with van der Waals surface area (Å²) in [7, 11) is 0. The van der Waals surface area contributed by atoms with Crippen LogP contribution in [0.1, 0.15) is 5.56 Å². The Bertz CT molecular complexity index is 516. The van der Waals surface area contributed by atoms with Gasteiger partial charge in [0.2, 0.25) is 5.91 Å². The molecule has 1 aliphatic rings. The minimum absolute atomic E-state index is 0.0902. The van der Waals surface area contributed by atoms with E-state index >= 15 is 0 Å².